The van der Waals surface area contributed by atoms with Crippen LogP contribution in [0.4, 0.5) is 0 Å². The summed E-state index contributed by atoms with van der Waals surface area (Å²) in [6, 6.07) is 0.580. The highest BCUT2D eigenvalue weighted by Gasteiger charge is 2.44. The summed E-state index contributed by atoms with van der Waals surface area (Å²) in [5, 5.41) is 3.58. The fraction of sp³-hybridized carbons (Fsp3) is 0.800. The molecule has 1 N–H and O–H groups in total. The Balaban J connectivity index is 1.45. The van der Waals surface area contributed by atoms with E-state index in [9.17, 15) is 4.79 Å². The van der Waals surface area contributed by atoms with Crippen molar-refractivity contribution in [1.82, 2.24) is 10.2 Å². The van der Waals surface area contributed by atoms with Crippen LogP contribution in [0.2, 0.25) is 0 Å². The van der Waals surface area contributed by atoms with E-state index >= 15 is 0 Å². The lowest BCUT2D eigenvalue weighted by molar-refractivity contribution is -0.135. The van der Waals surface area contributed by atoms with Gasteiger partial charge in [-0.05, 0) is 50.0 Å². The molecule has 5 unspecified atom stereocenters. The third-order valence-corrected chi connectivity index (χ3v) is 5.51. The van der Waals surface area contributed by atoms with Crippen molar-refractivity contribution >= 4 is 5.91 Å². The summed E-state index contributed by atoms with van der Waals surface area (Å²) < 4.78 is 0. The molecule has 98 valence electrons. The highest BCUT2D eigenvalue weighted by molar-refractivity contribution is 5.80. The monoisotopic (exact) mass is 246 g/mol. The molecule has 2 aliphatic heterocycles. The lowest BCUT2D eigenvalue weighted by Gasteiger charge is -2.24. The highest BCUT2D eigenvalue weighted by atomic mass is 16.2. The molecule has 2 bridgehead atoms. The zero-order valence-electron chi connectivity index (χ0n) is 10.8. The molecule has 3 heteroatoms. The van der Waals surface area contributed by atoms with Crippen LogP contribution in [0.25, 0.3) is 0 Å². The lowest BCUT2D eigenvalue weighted by Crippen LogP contribution is -2.41. The van der Waals surface area contributed by atoms with Gasteiger partial charge in [-0.25, -0.2) is 0 Å². The third kappa shape index (κ3) is 1.63. The minimum atomic E-state index is 0.306. The Bertz CT molecular complexity index is 378. The van der Waals surface area contributed by atoms with Crippen LogP contribution in [0.1, 0.15) is 25.7 Å². The number of hydrogen-bond acceptors (Lipinski definition) is 2. The van der Waals surface area contributed by atoms with Gasteiger partial charge in [0.2, 0.25) is 5.91 Å². The smallest absolute Gasteiger partial charge is 0.226 e. The van der Waals surface area contributed by atoms with Gasteiger partial charge in [0.05, 0.1) is 0 Å². The molecule has 2 aliphatic carbocycles. The predicted octanol–water partition coefficient (Wildman–Crippen LogP) is 1.41. The first-order valence-corrected chi connectivity index (χ1v) is 7.52. The van der Waals surface area contributed by atoms with Crippen LogP contribution >= 0.6 is 0 Å². The first-order chi connectivity index (χ1) is 8.81. The second-order valence-electron chi connectivity index (χ2n) is 6.59. The molecule has 1 saturated carbocycles. The molecular formula is C15H22N2O. The van der Waals surface area contributed by atoms with Crippen LogP contribution in [-0.2, 0) is 4.79 Å². The first-order valence-electron chi connectivity index (χ1n) is 7.52. The van der Waals surface area contributed by atoms with Gasteiger partial charge in [0, 0.05) is 25.0 Å². The Morgan fingerprint density at radius 2 is 2.17 bits per heavy atom. The van der Waals surface area contributed by atoms with E-state index in [1.54, 1.807) is 0 Å². The minimum Gasteiger partial charge on any atom is -0.341 e. The van der Waals surface area contributed by atoms with Crippen LogP contribution < -0.4 is 5.32 Å². The minimum absolute atomic E-state index is 0.306. The van der Waals surface area contributed by atoms with Gasteiger partial charge < -0.3 is 10.2 Å². The van der Waals surface area contributed by atoms with Gasteiger partial charge in [0.15, 0.2) is 0 Å². The van der Waals surface area contributed by atoms with Gasteiger partial charge in [0.1, 0.15) is 0 Å². The average molecular weight is 246 g/mol. The van der Waals surface area contributed by atoms with Crippen LogP contribution in [0, 0.1) is 23.7 Å². The largest absolute Gasteiger partial charge is 0.341 e. The maximum absolute atomic E-state index is 12.6. The molecule has 0 radical (unpaired) electrons. The third-order valence-electron chi connectivity index (χ3n) is 5.51. The normalized spacial score (nSPS) is 45.6. The predicted molar refractivity (Wildman–Crippen MR) is 69.9 cm³/mol. The van der Waals surface area contributed by atoms with E-state index in [0.29, 0.717) is 29.7 Å². The Morgan fingerprint density at radius 3 is 2.89 bits per heavy atom. The summed E-state index contributed by atoms with van der Waals surface area (Å²) in [6.45, 7) is 3.11. The van der Waals surface area contributed by atoms with Gasteiger partial charge in [-0.3, -0.25) is 4.79 Å². The van der Waals surface area contributed by atoms with E-state index in [-0.39, 0.29) is 0 Å². The van der Waals surface area contributed by atoms with Crippen LogP contribution in [0.15, 0.2) is 12.2 Å². The summed E-state index contributed by atoms with van der Waals surface area (Å²) in [4.78, 5) is 14.8. The molecule has 1 amide bonds. The number of likely N-dealkylation sites (tertiary alicyclic amines) is 1. The molecule has 2 saturated heterocycles. The molecule has 4 rings (SSSR count). The zero-order valence-corrected chi connectivity index (χ0v) is 10.8. The Morgan fingerprint density at radius 1 is 1.22 bits per heavy atom. The highest BCUT2D eigenvalue weighted by Crippen LogP contribution is 2.44. The Hall–Kier alpha value is -0.830. The van der Waals surface area contributed by atoms with E-state index in [2.05, 4.69) is 22.4 Å². The SMILES string of the molecule is O=C(C1CC2C=CC1C2)N1CC2CCCNC2C1. The quantitative estimate of drug-likeness (QED) is 0.710. The fourth-order valence-corrected chi connectivity index (χ4v) is 4.53. The maximum atomic E-state index is 12.6. The number of nitrogens with zero attached hydrogens (tertiary/aromatic N) is 1. The number of allylic oxidation sites excluding steroid dienone is 2. The number of hydrogen-bond donors (Lipinski definition) is 1. The standard InChI is InChI=1S/C15H22N2O/c18-15(13-7-10-3-4-11(13)6-10)17-8-12-2-1-5-16-14(12)9-17/h3-4,10-14,16H,1-2,5-9H2. The number of fused-ring (bicyclic) bond motifs is 3. The molecule has 3 fully saturated rings. The van der Waals surface area contributed by atoms with Gasteiger partial charge in [-0.1, -0.05) is 12.2 Å². The summed E-state index contributed by atoms with van der Waals surface area (Å²) in [5.74, 6) is 2.73. The second kappa shape index (κ2) is 4.09. The van der Waals surface area contributed by atoms with Crippen molar-refractivity contribution in [2.75, 3.05) is 19.6 Å². The van der Waals surface area contributed by atoms with Crippen molar-refractivity contribution in [3.05, 3.63) is 12.2 Å². The fourth-order valence-electron chi connectivity index (χ4n) is 4.53. The van der Waals surface area contributed by atoms with E-state index < -0.39 is 0 Å². The molecule has 4 aliphatic rings. The number of piperidine rings is 1. The topological polar surface area (TPSA) is 32.3 Å². The second-order valence-corrected chi connectivity index (χ2v) is 6.59. The van der Waals surface area contributed by atoms with Crippen LogP contribution in [0.3, 0.4) is 0 Å². The van der Waals surface area contributed by atoms with E-state index in [0.717, 1.165) is 32.0 Å². The van der Waals surface area contributed by atoms with Gasteiger partial charge in [-0.2, -0.15) is 0 Å². The summed E-state index contributed by atoms with van der Waals surface area (Å²) in [6.07, 6.45) is 9.53. The Kier molecular flexibility index (Phi) is 2.51. The molecule has 0 aromatic carbocycles. The molecule has 0 aromatic rings. The van der Waals surface area contributed by atoms with E-state index in [1.165, 1.54) is 19.3 Å². The first kappa shape index (κ1) is 11.0. The van der Waals surface area contributed by atoms with Crippen molar-refractivity contribution in [3.8, 4) is 0 Å². The molecule has 3 nitrogen and oxygen atoms in total. The maximum Gasteiger partial charge on any atom is 0.226 e. The average Bonchev–Trinajstić information content (AvgIpc) is 3.11. The molecule has 5 atom stereocenters. The Labute approximate surface area is 109 Å². The number of carbonyl (C=O) groups excluding carboxylic acids is 1. The van der Waals surface area contributed by atoms with Crippen LogP contribution in [-0.4, -0.2) is 36.5 Å². The van der Waals surface area contributed by atoms with Crippen molar-refractivity contribution in [3.63, 3.8) is 0 Å². The van der Waals surface area contributed by atoms with Crippen molar-refractivity contribution in [1.29, 1.82) is 0 Å². The molecule has 18 heavy (non-hydrogen) atoms. The lowest BCUT2D eigenvalue weighted by atomic mass is 9.92. The van der Waals surface area contributed by atoms with Crippen molar-refractivity contribution < 1.29 is 4.79 Å². The van der Waals surface area contributed by atoms with Crippen molar-refractivity contribution in [2.45, 2.75) is 31.7 Å². The van der Waals surface area contributed by atoms with E-state index in [1.807, 2.05) is 0 Å². The van der Waals surface area contributed by atoms with Gasteiger partial charge >= 0.3 is 0 Å². The number of nitrogens with one attached hydrogen (secondary N) is 1. The summed E-state index contributed by atoms with van der Waals surface area (Å²) >= 11 is 0. The molecule has 0 spiro atoms. The van der Waals surface area contributed by atoms with Crippen LogP contribution in [0.5, 0.6) is 0 Å². The summed E-state index contributed by atoms with van der Waals surface area (Å²) in [5.41, 5.74) is 0. The van der Waals surface area contributed by atoms with Gasteiger partial charge in [-0.15, -0.1) is 0 Å². The number of rotatable bonds is 1. The summed E-state index contributed by atoms with van der Waals surface area (Å²) in [7, 11) is 0. The molecule has 2 heterocycles. The van der Waals surface area contributed by atoms with E-state index in [4.69, 9.17) is 0 Å². The number of amides is 1. The molecular weight excluding hydrogens is 224 g/mol. The van der Waals surface area contributed by atoms with Crippen molar-refractivity contribution in [2.24, 2.45) is 23.7 Å². The molecule has 0 aromatic heterocycles. The number of carbonyl (C=O) groups is 1. The van der Waals surface area contributed by atoms with Gasteiger partial charge in [0.25, 0.3) is 0 Å². The zero-order chi connectivity index (χ0) is 12.1.